The van der Waals surface area contributed by atoms with Gasteiger partial charge in [0.05, 0.1) is 6.54 Å². The van der Waals surface area contributed by atoms with Crippen LogP contribution in [0.5, 0.6) is 0 Å². The highest BCUT2D eigenvalue weighted by Crippen LogP contribution is 2.21. The number of nitrogens with one attached hydrogen (secondary N) is 3. The van der Waals surface area contributed by atoms with Crippen LogP contribution in [0.15, 0.2) is 30.6 Å². The number of methoxy groups -OCH3 is 1. The number of hydrogen-bond acceptors (Lipinski definition) is 6. The summed E-state index contributed by atoms with van der Waals surface area (Å²) in [5.74, 6) is 0.259. The Hall–Kier alpha value is -3.20. The number of carbonyl (C=O) groups excluding carboxylic acids is 2. The molecule has 0 atom stereocenters. The molecule has 0 aliphatic heterocycles. The van der Waals surface area contributed by atoms with Gasteiger partial charge in [-0.25, -0.2) is 14.8 Å². The van der Waals surface area contributed by atoms with E-state index in [2.05, 4.69) is 25.9 Å². The molecule has 27 heavy (non-hydrogen) atoms. The van der Waals surface area contributed by atoms with Crippen molar-refractivity contribution < 1.29 is 14.3 Å². The van der Waals surface area contributed by atoms with Gasteiger partial charge in [0, 0.05) is 50.5 Å². The number of anilines is 3. The van der Waals surface area contributed by atoms with E-state index in [0.29, 0.717) is 23.9 Å². The van der Waals surface area contributed by atoms with E-state index in [0.717, 1.165) is 11.1 Å². The van der Waals surface area contributed by atoms with Gasteiger partial charge in [-0.15, -0.1) is 0 Å². The van der Waals surface area contributed by atoms with E-state index in [9.17, 15) is 9.59 Å². The minimum Gasteiger partial charge on any atom is -0.375 e. The lowest BCUT2D eigenvalue weighted by Gasteiger charge is -2.19. The maximum absolute atomic E-state index is 12.5. The van der Waals surface area contributed by atoms with Crippen molar-refractivity contribution in [3.05, 3.63) is 41.7 Å². The highest BCUT2D eigenvalue weighted by atomic mass is 16.5. The fourth-order valence-electron chi connectivity index (χ4n) is 2.28. The van der Waals surface area contributed by atoms with E-state index in [1.807, 2.05) is 13.0 Å². The topological polar surface area (TPSA) is 108 Å². The SMILES string of the molecule is CNc1ncc(CN(C)C(=O)Nc2cc(NC(=O)COC)ccc2C)cn1. The summed E-state index contributed by atoms with van der Waals surface area (Å²) in [4.78, 5) is 33.9. The third-order valence-corrected chi connectivity index (χ3v) is 3.73. The van der Waals surface area contributed by atoms with E-state index in [4.69, 9.17) is 4.74 Å². The van der Waals surface area contributed by atoms with Crippen molar-refractivity contribution >= 4 is 29.3 Å². The molecule has 2 rings (SSSR count). The van der Waals surface area contributed by atoms with Crippen LogP contribution in [-0.4, -0.2) is 54.6 Å². The summed E-state index contributed by atoms with van der Waals surface area (Å²) in [5, 5.41) is 8.40. The van der Waals surface area contributed by atoms with Gasteiger partial charge in [-0.2, -0.15) is 0 Å². The minimum atomic E-state index is -0.281. The molecule has 0 radical (unpaired) electrons. The Balaban J connectivity index is 2.01. The average Bonchev–Trinajstić information content (AvgIpc) is 2.65. The van der Waals surface area contributed by atoms with Crippen LogP contribution in [0.2, 0.25) is 0 Å². The molecular formula is C18H24N6O3. The predicted octanol–water partition coefficient (Wildman–Crippen LogP) is 2.08. The van der Waals surface area contributed by atoms with Gasteiger partial charge in [0.15, 0.2) is 0 Å². The molecule has 2 aromatic rings. The Bertz CT molecular complexity index is 794. The molecule has 0 aliphatic rings. The standard InChI is InChI=1S/C18H24N6O3/c1-12-5-6-14(22-16(25)11-27-4)7-15(12)23-18(26)24(3)10-13-8-20-17(19-2)21-9-13/h5-9H,10-11H2,1-4H3,(H,22,25)(H,23,26)(H,19,20,21). The Morgan fingerprint density at radius 1 is 1.19 bits per heavy atom. The zero-order valence-corrected chi connectivity index (χ0v) is 15.9. The van der Waals surface area contributed by atoms with Crippen LogP contribution in [0.1, 0.15) is 11.1 Å². The molecule has 0 fully saturated rings. The number of amides is 3. The average molecular weight is 372 g/mol. The molecule has 9 heteroatoms. The van der Waals surface area contributed by atoms with Crippen LogP contribution in [-0.2, 0) is 16.1 Å². The molecule has 0 bridgehead atoms. The Morgan fingerprint density at radius 3 is 2.52 bits per heavy atom. The van der Waals surface area contributed by atoms with E-state index < -0.39 is 0 Å². The van der Waals surface area contributed by atoms with Crippen LogP contribution in [0.4, 0.5) is 22.1 Å². The summed E-state index contributed by atoms with van der Waals surface area (Å²) in [6.45, 7) is 2.20. The lowest BCUT2D eigenvalue weighted by atomic mass is 10.2. The molecule has 1 aromatic carbocycles. The van der Waals surface area contributed by atoms with Gasteiger partial charge in [0.1, 0.15) is 6.61 Å². The smallest absolute Gasteiger partial charge is 0.321 e. The molecule has 0 spiro atoms. The molecular weight excluding hydrogens is 348 g/mol. The fourth-order valence-corrected chi connectivity index (χ4v) is 2.28. The zero-order chi connectivity index (χ0) is 19.8. The fraction of sp³-hybridized carbons (Fsp3) is 0.333. The first-order chi connectivity index (χ1) is 12.9. The van der Waals surface area contributed by atoms with Gasteiger partial charge < -0.3 is 25.6 Å². The monoisotopic (exact) mass is 372 g/mol. The molecule has 0 unspecified atom stereocenters. The number of nitrogens with zero attached hydrogens (tertiary/aromatic N) is 3. The number of aryl methyl sites for hydroxylation is 1. The van der Waals surface area contributed by atoms with Gasteiger partial charge in [-0.1, -0.05) is 6.07 Å². The third kappa shape index (κ3) is 5.93. The maximum Gasteiger partial charge on any atom is 0.321 e. The third-order valence-electron chi connectivity index (χ3n) is 3.73. The Morgan fingerprint density at radius 2 is 1.89 bits per heavy atom. The van der Waals surface area contributed by atoms with Crippen molar-refractivity contribution in [2.24, 2.45) is 0 Å². The number of ether oxygens (including phenoxy) is 1. The van der Waals surface area contributed by atoms with Crippen molar-refractivity contribution in [1.82, 2.24) is 14.9 Å². The minimum absolute atomic E-state index is 0.0350. The molecule has 0 saturated carbocycles. The van der Waals surface area contributed by atoms with E-state index >= 15 is 0 Å². The Kier molecular flexibility index (Phi) is 7.07. The van der Waals surface area contributed by atoms with E-state index in [-0.39, 0.29) is 18.5 Å². The molecule has 3 amide bonds. The van der Waals surface area contributed by atoms with Crippen LogP contribution in [0, 0.1) is 6.92 Å². The number of carbonyl (C=O) groups is 2. The number of urea groups is 1. The Labute approximate surface area is 158 Å². The molecule has 1 heterocycles. The summed E-state index contributed by atoms with van der Waals surface area (Å²) in [6, 6.07) is 5.02. The van der Waals surface area contributed by atoms with Crippen LogP contribution < -0.4 is 16.0 Å². The number of rotatable bonds is 7. The van der Waals surface area contributed by atoms with Crippen LogP contribution in [0.25, 0.3) is 0 Å². The van der Waals surface area contributed by atoms with Crippen LogP contribution in [0.3, 0.4) is 0 Å². The van der Waals surface area contributed by atoms with Crippen LogP contribution >= 0.6 is 0 Å². The second-order valence-electron chi connectivity index (χ2n) is 5.96. The normalized spacial score (nSPS) is 10.2. The quantitative estimate of drug-likeness (QED) is 0.687. The van der Waals surface area contributed by atoms with Crippen molar-refractivity contribution in [2.75, 3.05) is 43.8 Å². The lowest BCUT2D eigenvalue weighted by Crippen LogP contribution is -2.31. The highest BCUT2D eigenvalue weighted by Gasteiger charge is 2.12. The molecule has 144 valence electrons. The second-order valence-corrected chi connectivity index (χ2v) is 5.96. The van der Waals surface area contributed by atoms with Gasteiger partial charge >= 0.3 is 6.03 Å². The van der Waals surface area contributed by atoms with Crippen molar-refractivity contribution in [3.63, 3.8) is 0 Å². The first-order valence-corrected chi connectivity index (χ1v) is 8.33. The molecule has 3 N–H and O–H groups in total. The molecule has 9 nitrogen and oxygen atoms in total. The molecule has 1 aromatic heterocycles. The highest BCUT2D eigenvalue weighted by molar-refractivity contribution is 5.94. The molecule has 0 saturated heterocycles. The van der Waals surface area contributed by atoms with E-state index in [1.54, 1.807) is 38.6 Å². The summed E-state index contributed by atoms with van der Waals surface area (Å²) < 4.78 is 4.79. The van der Waals surface area contributed by atoms with Gasteiger partial charge in [0.25, 0.3) is 0 Å². The van der Waals surface area contributed by atoms with Crippen molar-refractivity contribution in [3.8, 4) is 0 Å². The number of hydrogen-bond donors (Lipinski definition) is 3. The summed E-state index contributed by atoms with van der Waals surface area (Å²) in [6.07, 6.45) is 3.33. The lowest BCUT2D eigenvalue weighted by molar-refractivity contribution is -0.119. The van der Waals surface area contributed by atoms with Gasteiger partial charge in [-0.3, -0.25) is 4.79 Å². The predicted molar refractivity (Wildman–Crippen MR) is 104 cm³/mol. The van der Waals surface area contributed by atoms with Crippen molar-refractivity contribution in [2.45, 2.75) is 13.5 Å². The maximum atomic E-state index is 12.5. The number of aromatic nitrogens is 2. The van der Waals surface area contributed by atoms with Gasteiger partial charge in [-0.05, 0) is 24.6 Å². The first kappa shape index (κ1) is 20.1. The largest absolute Gasteiger partial charge is 0.375 e. The summed E-state index contributed by atoms with van der Waals surface area (Å²) >= 11 is 0. The zero-order valence-electron chi connectivity index (χ0n) is 15.9. The van der Waals surface area contributed by atoms with Gasteiger partial charge in [0.2, 0.25) is 11.9 Å². The summed E-state index contributed by atoms with van der Waals surface area (Å²) in [5.41, 5.74) is 2.88. The second kappa shape index (κ2) is 9.48. The van der Waals surface area contributed by atoms with E-state index in [1.165, 1.54) is 12.0 Å². The first-order valence-electron chi connectivity index (χ1n) is 8.33. The van der Waals surface area contributed by atoms with Crippen molar-refractivity contribution in [1.29, 1.82) is 0 Å². The summed E-state index contributed by atoms with van der Waals surface area (Å²) in [7, 11) is 4.87. The number of benzene rings is 1. The molecule has 0 aliphatic carbocycles.